The van der Waals surface area contributed by atoms with E-state index in [1.807, 2.05) is 27.7 Å². The quantitative estimate of drug-likeness (QED) is 0.181. The summed E-state index contributed by atoms with van der Waals surface area (Å²) in [4.78, 5) is 48.4. The molecule has 1 aliphatic heterocycles. The third-order valence-corrected chi connectivity index (χ3v) is 7.69. The van der Waals surface area contributed by atoms with Crippen LogP contribution in [0.25, 0.3) is 0 Å². The Morgan fingerprint density at radius 2 is 1.40 bits per heavy atom. The number of amides is 3. The number of ketones is 1. The van der Waals surface area contributed by atoms with Crippen LogP contribution in [0.4, 0.5) is 0 Å². The summed E-state index contributed by atoms with van der Waals surface area (Å²) in [5.41, 5.74) is -0.729. The highest BCUT2D eigenvalue weighted by molar-refractivity contribution is 6.13. The minimum absolute atomic E-state index is 0.0663. The Balaban J connectivity index is 1.49. The maximum absolute atomic E-state index is 12.5. The fraction of sp³-hybridized carbons (Fsp3) is 0.806. The van der Waals surface area contributed by atoms with Crippen molar-refractivity contribution in [1.82, 2.24) is 10.2 Å². The number of hydrogen-bond donors (Lipinski definition) is 1. The van der Waals surface area contributed by atoms with Gasteiger partial charge in [0.2, 0.25) is 5.91 Å². The molecule has 1 fully saturated rings. The maximum atomic E-state index is 12.5. The predicted molar refractivity (Wildman–Crippen MR) is 154 cm³/mol. The van der Waals surface area contributed by atoms with Gasteiger partial charge in [-0.15, -0.1) is 0 Å². The van der Waals surface area contributed by atoms with E-state index in [2.05, 4.69) is 5.32 Å². The summed E-state index contributed by atoms with van der Waals surface area (Å²) in [6.45, 7) is 10.4. The number of rotatable bonds is 19. The molecule has 0 spiro atoms. The topological polar surface area (TPSA) is 111 Å². The first kappa shape index (κ1) is 34.1. The lowest BCUT2D eigenvalue weighted by molar-refractivity contribution is -0.137. The van der Waals surface area contributed by atoms with Crippen LogP contribution < -0.4 is 5.32 Å². The first-order valence-corrected chi connectivity index (χ1v) is 15.1. The molecule has 1 aliphatic carbocycles. The summed E-state index contributed by atoms with van der Waals surface area (Å²) in [6, 6.07) is 0. The third kappa shape index (κ3) is 14.5. The van der Waals surface area contributed by atoms with Gasteiger partial charge in [0.1, 0.15) is 5.78 Å². The molecule has 40 heavy (non-hydrogen) atoms. The molecule has 0 bridgehead atoms. The van der Waals surface area contributed by atoms with Crippen LogP contribution in [0.1, 0.15) is 105 Å². The van der Waals surface area contributed by atoms with Gasteiger partial charge in [-0.05, 0) is 46.5 Å². The SMILES string of the molecule is CC(C)(CCOCCNC(=O)CCN1C(=O)C=CC1=O)OCCC(C)(C)OCCC(=O)CC1CCCCCCC1. The average Bonchev–Trinajstić information content (AvgIpc) is 3.18. The van der Waals surface area contributed by atoms with Crippen molar-refractivity contribution in [3.05, 3.63) is 12.2 Å². The number of Topliss-reactive ketones (excluding diaryl/α,β-unsaturated/α-hetero) is 1. The molecule has 0 unspecified atom stereocenters. The molecule has 1 saturated carbocycles. The van der Waals surface area contributed by atoms with Crippen molar-refractivity contribution in [2.45, 2.75) is 116 Å². The number of ether oxygens (including phenoxy) is 3. The Morgan fingerprint density at radius 3 is 2.05 bits per heavy atom. The van der Waals surface area contributed by atoms with Crippen molar-refractivity contribution >= 4 is 23.5 Å². The lowest BCUT2D eigenvalue weighted by Gasteiger charge is -2.30. The molecule has 2 rings (SSSR count). The van der Waals surface area contributed by atoms with Crippen LogP contribution in [0.3, 0.4) is 0 Å². The molecule has 9 heteroatoms. The molecular weight excluding hydrogens is 512 g/mol. The third-order valence-electron chi connectivity index (χ3n) is 7.69. The summed E-state index contributed by atoms with van der Waals surface area (Å²) < 4.78 is 17.8. The van der Waals surface area contributed by atoms with Crippen LogP contribution in [0.15, 0.2) is 12.2 Å². The number of nitrogens with zero attached hydrogens (tertiary/aromatic N) is 1. The van der Waals surface area contributed by atoms with E-state index in [4.69, 9.17) is 14.2 Å². The van der Waals surface area contributed by atoms with Crippen molar-refractivity contribution in [3.63, 3.8) is 0 Å². The van der Waals surface area contributed by atoms with Gasteiger partial charge in [-0.2, -0.15) is 0 Å². The van der Waals surface area contributed by atoms with Gasteiger partial charge in [-0.3, -0.25) is 24.1 Å². The number of hydrogen-bond acceptors (Lipinski definition) is 7. The summed E-state index contributed by atoms with van der Waals surface area (Å²) in [7, 11) is 0. The molecule has 0 atom stereocenters. The van der Waals surface area contributed by atoms with Gasteiger partial charge >= 0.3 is 0 Å². The first-order valence-electron chi connectivity index (χ1n) is 15.1. The molecule has 2 aliphatic rings. The van der Waals surface area contributed by atoms with E-state index in [1.165, 1.54) is 57.1 Å². The van der Waals surface area contributed by atoms with E-state index in [-0.39, 0.29) is 41.9 Å². The summed E-state index contributed by atoms with van der Waals surface area (Å²) >= 11 is 0. The largest absolute Gasteiger partial charge is 0.380 e. The molecule has 0 aromatic carbocycles. The molecule has 9 nitrogen and oxygen atoms in total. The van der Waals surface area contributed by atoms with Crippen molar-refractivity contribution in [1.29, 1.82) is 0 Å². The summed E-state index contributed by atoms with van der Waals surface area (Å²) in [5.74, 6) is -0.119. The Labute approximate surface area is 240 Å². The summed E-state index contributed by atoms with van der Waals surface area (Å²) in [6.07, 6.45) is 14.0. The van der Waals surface area contributed by atoms with Crippen molar-refractivity contribution in [2.24, 2.45) is 5.92 Å². The zero-order valence-electron chi connectivity index (χ0n) is 25.3. The zero-order valence-corrected chi connectivity index (χ0v) is 25.3. The van der Waals surface area contributed by atoms with Crippen molar-refractivity contribution in [2.75, 3.05) is 39.5 Å². The first-order chi connectivity index (χ1) is 19.0. The van der Waals surface area contributed by atoms with Crippen LogP contribution >= 0.6 is 0 Å². The van der Waals surface area contributed by atoms with Crippen molar-refractivity contribution in [3.8, 4) is 0 Å². The molecular formula is C31H52N2O7. The Hall–Kier alpha value is -2.10. The van der Waals surface area contributed by atoms with Crippen LogP contribution in [0.2, 0.25) is 0 Å². The van der Waals surface area contributed by atoms with E-state index < -0.39 is 0 Å². The molecule has 0 aromatic heterocycles. The fourth-order valence-electron chi connectivity index (χ4n) is 4.96. The monoisotopic (exact) mass is 564 g/mol. The lowest BCUT2D eigenvalue weighted by Crippen LogP contribution is -2.35. The normalized spacial score (nSPS) is 17.2. The zero-order chi connectivity index (χ0) is 29.4. The predicted octanol–water partition coefficient (Wildman–Crippen LogP) is 4.51. The van der Waals surface area contributed by atoms with Gasteiger partial charge in [0.15, 0.2) is 0 Å². The summed E-state index contributed by atoms with van der Waals surface area (Å²) in [5, 5.41) is 2.73. The number of imide groups is 1. The van der Waals surface area contributed by atoms with Crippen LogP contribution in [0, 0.1) is 5.92 Å². The molecule has 3 amide bonds. The average molecular weight is 565 g/mol. The van der Waals surface area contributed by atoms with Crippen LogP contribution in [0.5, 0.6) is 0 Å². The molecule has 1 heterocycles. The molecule has 0 radical (unpaired) electrons. The molecule has 228 valence electrons. The minimum atomic E-state index is -0.385. The van der Waals surface area contributed by atoms with Crippen LogP contribution in [-0.4, -0.2) is 79.1 Å². The lowest BCUT2D eigenvalue weighted by atomic mass is 9.87. The number of nitrogens with one attached hydrogen (secondary N) is 1. The van der Waals surface area contributed by atoms with Gasteiger partial charge in [0, 0.05) is 51.1 Å². The van der Waals surface area contributed by atoms with Gasteiger partial charge in [0.25, 0.3) is 11.8 Å². The molecule has 0 aromatic rings. The molecule has 0 saturated heterocycles. The second-order valence-electron chi connectivity index (χ2n) is 12.3. The highest BCUT2D eigenvalue weighted by Crippen LogP contribution is 2.26. The van der Waals surface area contributed by atoms with Crippen LogP contribution in [-0.2, 0) is 33.4 Å². The minimum Gasteiger partial charge on any atom is -0.380 e. The van der Waals surface area contributed by atoms with E-state index in [1.54, 1.807) is 0 Å². The smallest absolute Gasteiger partial charge is 0.253 e. The van der Waals surface area contributed by atoms with Gasteiger partial charge in [-0.25, -0.2) is 0 Å². The fourth-order valence-corrected chi connectivity index (χ4v) is 4.96. The second-order valence-corrected chi connectivity index (χ2v) is 12.3. The highest BCUT2D eigenvalue weighted by atomic mass is 16.5. The Bertz CT molecular complexity index is 827. The number of carbonyl (C=O) groups is 4. The second kappa shape index (κ2) is 17.7. The van der Waals surface area contributed by atoms with Gasteiger partial charge in [-0.1, -0.05) is 44.9 Å². The van der Waals surface area contributed by atoms with E-state index in [0.29, 0.717) is 63.9 Å². The Morgan fingerprint density at radius 1 is 0.825 bits per heavy atom. The standard InChI is InChI=1S/C31H52N2O7/c1-30(2,16-21-38-23-18-32-27(35)14-19-33-28(36)12-13-29(33)37)40-22-17-31(3,4)39-20-15-26(34)24-25-10-8-6-5-7-9-11-25/h12-13,25H,5-11,14-24H2,1-4H3,(H,32,35). The van der Waals surface area contributed by atoms with E-state index in [9.17, 15) is 19.2 Å². The maximum Gasteiger partial charge on any atom is 0.253 e. The number of carbonyl (C=O) groups excluding carboxylic acids is 4. The van der Waals surface area contributed by atoms with Gasteiger partial charge < -0.3 is 19.5 Å². The molecule has 1 N–H and O–H groups in total. The van der Waals surface area contributed by atoms with Crippen molar-refractivity contribution < 1.29 is 33.4 Å². The van der Waals surface area contributed by atoms with E-state index >= 15 is 0 Å². The Kier molecular flexibility index (Phi) is 15.1. The van der Waals surface area contributed by atoms with E-state index in [0.717, 1.165) is 11.3 Å². The van der Waals surface area contributed by atoms with Gasteiger partial charge in [0.05, 0.1) is 31.0 Å². The highest BCUT2D eigenvalue weighted by Gasteiger charge is 2.25.